The lowest BCUT2D eigenvalue weighted by Gasteiger charge is -2.39. The van der Waals surface area contributed by atoms with E-state index in [9.17, 15) is 5.11 Å². The number of ether oxygens (including phenoxy) is 1. The van der Waals surface area contributed by atoms with E-state index in [4.69, 9.17) is 4.74 Å². The molecule has 1 N–H and O–H groups in total. The second-order valence-electron chi connectivity index (χ2n) is 6.81. The Kier molecular flexibility index (Phi) is 5.09. The van der Waals surface area contributed by atoms with Crippen LogP contribution in [0.25, 0.3) is 11.8 Å². The van der Waals surface area contributed by atoms with Crippen molar-refractivity contribution in [3.05, 3.63) is 60.2 Å². The molecule has 0 aliphatic heterocycles. The second-order valence-corrected chi connectivity index (χ2v) is 6.81. The minimum Gasteiger partial charge on any atom is -0.507 e. The number of hydrogen-bond acceptors (Lipinski definition) is 3. The number of nitrogens with zero attached hydrogens (tertiary/aromatic N) is 2. The van der Waals surface area contributed by atoms with Crippen LogP contribution in [0.5, 0.6) is 5.75 Å². The first kappa shape index (κ1) is 17.5. The van der Waals surface area contributed by atoms with Gasteiger partial charge in [0.15, 0.2) is 0 Å². The summed E-state index contributed by atoms with van der Waals surface area (Å²) in [6, 6.07) is 5.70. The number of imidazole rings is 1. The highest BCUT2D eigenvalue weighted by Crippen LogP contribution is 2.44. The number of rotatable bonds is 5. The lowest BCUT2D eigenvalue weighted by Crippen LogP contribution is -2.36. The molecule has 1 aromatic heterocycles. The van der Waals surface area contributed by atoms with Crippen molar-refractivity contribution in [2.75, 3.05) is 7.11 Å². The van der Waals surface area contributed by atoms with Crippen LogP contribution in [0.15, 0.2) is 49.1 Å². The maximum absolute atomic E-state index is 10.4. The van der Waals surface area contributed by atoms with Crippen LogP contribution in [0.1, 0.15) is 43.2 Å². The molecule has 4 nitrogen and oxygen atoms in total. The van der Waals surface area contributed by atoms with E-state index in [1.807, 2.05) is 36.0 Å². The summed E-state index contributed by atoms with van der Waals surface area (Å²) in [6.45, 7) is 6.29. The third-order valence-corrected chi connectivity index (χ3v) is 5.15. The van der Waals surface area contributed by atoms with E-state index in [2.05, 4.69) is 11.6 Å². The van der Waals surface area contributed by atoms with Gasteiger partial charge in [-0.15, -0.1) is 0 Å². The van der Waals surface area contributed by atoms with Crippen molar-refractivity contribution in [2.45, 2.75) is 44.6 Å². The van der Waals surface area contributed by atoms with Crippen LogP contribution in [0, 0.1) is 6.92 Å². The summed E-state index contributed by atoms with van der Waals surface area (Å²) in [5.41, 5.74) is 3.20. The molecule has 1 aliphatic carbocycles. The molecule has 25 heavy (non-hydrogen) atoms. The Labute approximate surface area is 149 Å². The Hall–Kier alpha value is -2.33. The number of hydrogen-bond donors (Lipinski definition) is 1. The van der Waals surface area contributed by atoms with Gasteiger partial charge in [-0.2, -0.15) is 0 Å². The molecule has 132 valence electrons. The van der Waals surface area contributed by atoms with Crippen molar-refractivity contribution < 1.29 is 9.84 Å². The van der Waals surface area contributed by atoms with Crippen molar-refractivity contribution in [3.8, 4) is 5.75 Å². The molecular formula is C21H26N2O2. The molecule has 2 aromatic rings. The smallest absolute Gasteiger partial charge is 0.123 e. The predicted molar refractivity (Wildman–Crippen MR) is 101 cm³/mol. The number of aromatic hydroxyl groups is 1. The fourth-order valence-electron chi connectivity index (χ4n) is 3.71. The first-order valence-corrected chi connectivity index (χ1v) is 8.80. The molecule has 1 fully saturated rings. The lowest BCUT2D eigenvalue weighted by molar-refractivity contribution is -0.00356. The summed E-state index contributed by atoms with van der Waals surface area (Å²) in [4.78, 5) is 4.13. The minimum atomic E-state index is -0.378. The normalized spacial score (nSPS) is 17.4. The van der Waals surface area contributed by atoms with Gasteiger partial charge in [-0.3, -0.25) is 0 Å². The van der Waals surface area contributed by atoms with Gasteiger partial charge in [0.2, 0.25) is 0 Å². The quantitative estimate of drug-likeness (QED) is 0.797. The van der Waals surface area contributed by atoms with Crippen molar-refractivity contribution >= 4 is 11.8 Å². The number of phenolic OH excluding ortho intramolecular Hbond substituents is 1. The fraction of sp³-hybridized carbons (Fsp3) is 0.381. The van der Waals surface area contributed by atoms with E-state index in [1.165, 1.54) is 6.42 Å². The van der Waals surface area contributed by atoms with E-state index in [0.29, 0.717) is 0 Å². The van der Waals surface area contributed by atoms with E-state index in [-0.39, 0.29) is 11.4 Å². The summed E-state index contributed by atoms with van der Waals surface area (Å²) in [6.07, 6.45) is 12.8. The summed E-state index contributed by atoms with van der Waals surface area (Å²) in [7, 11) is 1.77. The Balaban J connectivity index is 2.09. The molecule has 0 radical (unpaired) electrons. The molecule has 0 saturated heterocycles. The largest absolute Gasteiger partial charge is 0.507 e. The summed E-state index contributed by atoms with van der Waals surface area (Å²) in [5.74, 6) is 0.253. The van der Waals surface area contributed by atoms with Gasteiger partial charge in [0.05, 0.1) is 11.9 Å². The maximum Gasteiger partial charge on any atom is 0.123 e. The SMILES string of the molecule is C=C(/C(=C/n1ccnc1)C1(OC)CCCCC1)c1ccc(C)cc1O. The summed E-state index contributed by atoms with van der Waals surface area (Å²) in [5, 5.41) is 10.4. The highest BCUT2D eigenvalue weighted by atomic mass is 16.5. The van der Waals surface area contributed by atoms with E-state index < -0.39 is 0 Å². The number of benzene rings is 1. The summed E-state index contributed by atoms with van der Waals surface area (Å²) >= 11 is 0. The van der Waals surface area contributed by atoms with Gasteiger partial charge in [-0.1, -0.05) is 38.0 Å². The fourth-order valence-corrected chi connectivity index (χ4v) is 3.71. The van der Waals surface area contributed by atoms with Gasteiger partial charge in [0, 0.05) is 36.8 Å². The monoisotopic (exact) mass is 338 g/mol. The van der Waals surface area contributed by atoms with Crippen LogP contribution in [0.2, 0.25) is 0 Å². The first-order chi connectivity index (χ1) is 12.1. The molecule has 1 heterocycles. The highest BCUT2D eigenvalue weighted by molar-refractivity contribution is 5.85. The number of methoxy groups -OCH3 is 1. The molecular weight excluding hydrogens is 312 g/mol. The number of aromatic nitrogens is 2. The molecule has 0 spiro atoms. The van der Waals surface area contributed by atoms with Gasteiger partial charge < -0.3 is 14.4 Å². The van der Waals surface area contributed by atoms with E-state index in [0.717, 1.165) is 48.0 Å². The van der Waals surface area contributed by atoms with Crippen LogP contribution in [0.4, 0.5) is 0 Å². The number of phenols is 1. The Morgan fingerprint density at radius 3 is 2.68 bits per heavy atom. The average molecular weight is 338 g/mol. The van der Waals surface area contributed by atoms with E-state index >= 15 is 0 Å². The van der Waals surface area contributed by atoms with Crippen LogP contribution in [-0.2, 0) is 4.74 Å². The third-order valence-electron chi connectivity index (χ3n) is 5.15. The van der Waals surface area contributed by atoms with Crippen molar-refractivity contribution in [3.63, 3.8) is 0 Å². The van der Waals surface area contributed by atoms with Crippen LogP contribution in [0.3, 0.4) is 0 Å². The van der Waals surface area contributed by atoms with Crippen molar-refractivity contribution in [2.24, 2.45) is 0 Å². The van der Waals surface area contributed by atoms with Gasteiger partial charge in [-0.05, 0) is 37.0 Å². The molecule has 3 rings (SSSR count). The van der Waals surface area contributed by atoms with Gasteiger partial charge in [-0.25, -0.2) is 4.98 Å². The zero-order valence-corrected chi connectivity index (χ0v) is 15.0. The molecule has 1 aromatic carbocycles. The topological polar surface area (TPSA) is 47.3 Å². The third kappa shape index (κ3) is 3.54. The van der Waals surface area contributed by atoms with Crippen molar-refractivity contribution in [1.29, 1.82) is 0 Å². The van der Waals surface area contributed by atoms with Crippen LogP contribution >= 0.6 is 0 Å². The lowest BCUT2D eigenvalue weighted by atomic mass is 9.75. The Morgan fingerprint density at radius 2 is 2.08 bits per heavy atom. The molecule has 1 saturated carbocycles. The summed E-state index contributed by atoms with van der Waals surface area (Å²) < 4.78 is 7.97. The molecule has 0 atom stereocenters. The zero-order chi connectivity index (χ0) is 17.9. The van der Waals surface area contributed by atoms with Gasteiger partial charge in [0.1, 0.15) is 5.75 Å². The first-order valence-electron chi connectivity index (χ1n) is 8.80. The Morgan fingerprint density at radius 1 is 1.32 bits per heavy atom. The standard InChI is InChI=1S/C21H26N2O2/c1-16-7-8-18(20(24)13-16)17(2)19(14-23-12-11-22-15-23)21(25-3)9-5-4-6-10-21/h7-8,11-15,24H,2,4-6,9-10H2,1,3H3/b19-14-. The van der Waals surface area contributed by atoms with Crippen LogP contribution < -0.4 is 0 Å². The molecule has 4 heteroatoms. The van der Waals surface area contributed by atoms with Gasteiger partial charge >= 0.3 is 0 Å². The molecule has 0 bridgehead atoms. The van der Waals surface area contributed by atoms with E-state index in [1.54, 1.807) is 25.7 Å². The predicted octanol–water partition coefficient (Wildman–Crippen LogP) is 4.80. The second kappa shape index (κ2) is 7.28. The minimum absolute atomic E-state index is 0.253. The molecule has 0 unspecified atom stereocenters. The number of aryl methyl sites for hydroxylation is 1. The molecule has 1 aliphatic rings. The Bertz CT molecular complexity index is 769. The van der Waals surface area contributed by atoms with Crippen LogP contribution in [-0.4, -0.2) is 27.4 Å². The van der Waals surface area contributed by atoms with Crippen molar-refractivity contribution in [1.82, 2.24) is 9.55 Å². The van der Waals surface area contributed by atoms with Gasteiger partial charge in [0.25, 0.3) is 0 Å². The average Bonchev–Trinajstić information content (AvgIpc) is 3.13. The molecule has 0 amide bonds. The zero-order valence-electron chi connectivity index (χ0n) is 15.0. The maximum atomic E-state index is 10.4. The highest BCUT2D eigenvalue weighted by Gasteiger charge is 2.37.